The first kappa shape index (κ1) is 28.1. The number of halogens is 1. The summed E-state index contributed by atoms with van der Waals surface area (Å²) in [4.78, 5) is 35.5. The molecule has 2 aromatic rings. The molecule has 0 aromatic heterocycles. The molecule has 0 bridgehead atoms. The van der Waals surface area contributed by atoms with E-state index in [1.54, 1.807) is 24.3 Å². The average molecular weight is 526 g/mol. The third-order valence-corrected chi connectivity index (χ3v) is 5.46. The Morgan fingerprint density at radius 2 is 1.60 bits per heavy atom. The number of amides is 2. The molecule has 0 aliphatic rings. The van der Waals surface area contributed by atoms with Gasteiger partial charge >= 0.3 is 5.97 Å². The van der Waals surface area contributed by atoms with Gasteiger partial charge in [-0.1, -0.05) is 42.5 Å². The van der Waals surface area contributed by atoms with E-state index in [2.05, 4.69) is 15.4 Å². The van der Waals surface area contributed by atoms with Crippen LogP contribution in [-0.4, -0.2) is 64.1 Å². The maximum atomic E-state index is 12.5. The normalized spacial score (nSPS) is 11.8. The van der Waals surface area contributed by atoms with Crippen molar-refractivity contribution in [2.45, 2.75) is 19.1 Å². The Morgan fingerprint density at radius 3 is 2.23 bits per heavy atom. The van der Waals surface area contributed by atoms with Crippen LogP contribution < -0.4 is 20.1 Å². The Morgan fingerprint density at radius 1 is 0.943 bits per heavy atom. The van der Waals surface area contributed by atoms with Gasteiger partial charge in [0.2, 0.25) is 21.8 Å². The van der Waals surface area contributed by atoms with Crippen molar-refractivity contribution in [2.24, 2.45) is 0 Å². The summed E-state index contributed by atoms with van der Waals surface area (Å²) >= 11 is 5.38. The van der Waals surface area contributed by atoms with Crippen molar-refractivity contribution in [3.05, 3.63) is 65.7 Å². The molecule has 2 rings (SSSR count). The molecule has 35 heavy (non-hydrogen) atoms. The van der Waals surface area contributed by atoms with Crippen LogP contribution in [0.2, 0.25) is 0 Å². The molecule has 1 atom stereocenters. The fraction of sp³-hybridized carbons (Fsp3) is 0.348. The monoisotopic (exact) mass is 525 g/mol. The highest BCUT2D eigenvalue weighted by Gasteiger charge is 2.22. The average Bonchev–Trinajstić information content (AvgIpc) is 2.84. The topological polar surface area (TPSA) is 140 Å². The van der Waals surface area contributed by atoms with Gasteiger partial charge in [0.1, 0.15) is 24.3 Å². The lowest BCUT2D eigenvalue weighted by molar-refractivity contribution is -0.147. The highest BCUT2D eigenvalue weighted by molar-refractivity contribution is 7.88. The second-order valence-electron chi connectivity index (χ2n) is 7.50. The number of rotatable bonds is 14. The van der Waals surface area contributed by atoms with Crippen LogP contribution in [0.3, 0.4) is 0 Å². The predicted molar refractivity (Wildman–Crippen MR) is 130 cm³/mol. The Labute approximate surface area is 209 Å². The summed E-state index contributed by atoms with van der Waals surface area (Å²) in [6, 6.07) is 14.7. The molecule has 0 saturated heterocycles. The van der Waals surface area contributed by atoms with Crippen LogP contribution in [0.4, 0.5) is 0 Å². The molecule has 10 nitrogen and oxygen atoms in total. The van der Waals surface area contributed by atoms with Gasteiger partial charge in [-0.25, -0.2) is 17.9 Å². The molecular formula is C23H28ClN3O7S. The smallest absolute Gasteiger partial charge is 0.344 e. The fourth-order valence-electron chi connectivity index (χ4n) is 2.88. The van der Waals surface area contributed by atoms with E-state index in [0.29, 0.717) is 11.3 Å². The summed E-state index contributed by atoms with van der Waals surface area (Å²) in [6.07, 6.45) is 1.04. The molecule has 2 amide bonds. The van der Waals surface area contributed by atoms with Crippen molar-refractivity contribution in [1.29, 1.82) is 0 Å². The van der Waals surface area contributed by atoms with Crippen molar-refractivity contribution in [3.8, 4) is 5.75 Å². The molecule has 0 saturated carbocycles. The second-order valence-corrected chi connectivity index (χ2v) is 9.55. The van der Waals surface area contributed by atoms with E-state index in [4.69, 9.17) is 21.1 Å². The van der Waals surface area contributed by atoms with Gasteiger partial charge in [-0.15, -0.1) is 11.6 Å². The molecule has 0 aliphatic carbocycles. The highest BCUT2D eigenvalue weighted by Crippen LogP contribution is 2.14. The molecule has 1 unspecified atom stereocenters. The standard InChI is InChI=1S/C23H28ClN3O7S/c1-35(31,32)27-20(23(30)26-12-11-25-21(28)14-24)13-17-7-9-19(10-8-17)33-16-22(29)34-15-18-5-3-2-4-6-18/h2-10,20,27H,11-16H2,1H3,(H,25,28)(H,26,30). The van der Waals surface area contributed by atoms with Crippen molar-refractivity contribution in [2.75, 3.05) is 31.8 Å². The number of benzene rings is 2. The maximum absolute atomic E-state index is 12.5. The number of nitrogens with one attached hydrogen (secondary N) is 3. The van der Waals surface area contributed by atoms with Crippen LogP contribution >= 0.6 is 11.6 Å². The minimum atomic E-state index is -3.66. The Kier molecular flexibility index (Phi) is 11.5. The van der Waals surface area contributed by atoms with Gasteiger partial charge in [0, 0.05) is 13.1 Å². The summed E-state index contributed by atoms with van der Waals surface area (Å²) < 4.78 is 36.3. The summed E-state index contributed by atoms with van der Waals surface area (Å²) in [7, 11) is -3.66. The second kappa shape index (κ2) is 14.3. The Bertz CT molecular complexity index is 1080. The Balaban J connectivity index is 1.85. The van der Waals surface area contributed by atoms with Gasteiger partial charge in [-0.2, -0.15) is 0 Å². The summed E-state index contributed by atoms with van der Waals surface area (Å²) in [5.41, 5.74) is 1.53. The molecule has 190 valence electrons. The highest BCUT2D eigenvalue weighted by atomic mass is 35.5. The van der Waals surface area contributed by atoms with E-state index in [9.17, 15) is 22.8 Å². The molecular weight excluding hydrogens is 498 g/mol. The van der Waals surface area contributed by atoms with Crippen molar-refractivity contribution < 1.29 is 32.3 Å². The maximum Gasteiger partial charge on any atom is 0.344 e. The number of hydrogen-bond donors (Lipinski definition) is 3. The fourth-order valence-corrected chi connectivity index (χ4v) is 3.69. The van der Waals surface area contributed by atoms with Crippen LogP contribution in [-0.2, 0) is 42.2 Å². The lowest BCUT2D eigenvalue weighted by Gasteiger charge is -2.18. The number of carbonyl (C=O) groups is 3. The summed E-state index contributed by atoms with van der Waals surface area (Å²) in [5, 5.41) is 5.07. The molecule has 0 radical (unpaired) electrons. The lowest BCUT2D eigenvalue weighted by atomic mass is 10.1. The molecule has 0 aliphatic heterocycles. The van der Waals surface area contributed by atoms with Crippen molar-refractivity contribution in [3.63, 3.8) is 0 Å². The number of esters is 1. The van der Waals surface area contributed by atoms with Crippen molar-refractivity contribution in [1.82, 2.24) is 15.4 Å². The number of ether oxygens (including phenoxy) is 2. The van der Waals surface area contributed by atoms with Crippen LogP contribution in [0, 0.1) is 0 Å². The third kappa shape index (κ3) is 11.7. The van der Waals surface area contributed by atoms with E-state index in [-0.39, 0.29) is 44.5 Å². The van der Waals surface area contributed by atoms with Crippen LogP contribution in [0.25, 0.3) is 0 Å². The SMILES string of the molecule is CS(=O)(=O)NC(Cc1ccc(OCC(=O)OCc2ccccc2)cc1)C(=O)NCCNC(=O)CCl. The Hall–Kier alpha value is -3.15. The first-order valence-electron chi connectivity index (χ1n) is 10.6. The number of sulfonamides is 1. The van der Waals surface area contributed by atoms with E-state index in [1.165, 1.54) is 0 Å². The first-order chi connectivity index (χ1) is 16.7. The minimum absolute atomic E-state index is 0.0757. The van der Waals surface area contributed by atoms with Crippen LogP contribution in [0.5, 0.6) is 5.75 Å². The minimum Gasteiger partial charge on any atom is -0.482 e. The lowest BCUT2D eigenvalue weighted by Crippen LogP contribution is -2.49. The summed E-state index contributed by atoms with van der Waals surface area (Å²) in [6.45, 7) is 0.143. The zero-order chi connectivity index (χ0) is 25.7. The van der Waals surface area contributed by atoms with Crippen LogP contribution in [0.1, 0.15) is 11.1 Å². The summed E-state index contributed by atoms with van der Waals surface area (Å²) in [5.74, 6) is -1.22. The third-order valence-electron chi connectivity index (χ3n) is 4.50. The van der Waals surface area contributed by atoms with Crippen LogP contribution in [0.15, 0.2) is 54.6 Å². The van der Waals surface area contributed by atoms with Gasteiger partial charge in [0.25, 0.3) is 0 Å². The van der Waals surface area contributed by atoms with Gasteiger partial charge in [-0.3, -0.25) is 9.59 Å². The van der Waals surface area contributed by atoms with E-state index < -0.39 is 27.9 Å². The van der Waals surface area contributed by atoms with Gasteiger partial charge in [0.15, 0.2) is 6.61 Å². The molecule has 12 heteroatoms. The zero-order valence-electron chi connectivity index (χ0n) is 19.2. The molecule has 0 fully saturated rings. The van der Waals surface area contributed by atoms with E-state index in [1.807, 2.05) is 30.3 Å². The zero-order valence-corrected chi connectivity index (χ0v) is 20.7. The molecule has 0 spiro atoms. The first-order valence-corrected chi connectivity index (χ1v) is 13.1. The van der Waals surface area contributed by atoms with Gasteiger partial charge < -0.3 is 20.1 Å². The molecule has 2 aromatic carbocycles. The van der Waals surface area contributed by atoms with E-state index >= 15 is 0 Å². The van der Waals surface area contributed by atoms with Crippen molar-refractivity contribution >= 4 is 39.4 Å². The van der Waals surface area contributed by atoms with E-state index in [0.717, 1.165) is 11.8 Å². The predicted octanol–water partition coefficient (Wildman–Crippen LogP) is 0.740. The quantitative estimate of drug-likeness (QED) is 0.188. The van der Waals surface area contributed by atoms with Gasteiger partial charge in [0.05, 0.1) is 6.26 Å². The number of alkyl halides is 1. The largest absolute Gasteiger partial charge is 0.482 e. The molecule has 0 heterocycles. The number of carbonyl (C=O) groups excluding carboxylic acids is 3. The molecule has 3 N–H and O–H groups in total. The van der Waals surface area contributed by atoms with Gasteiger partial charge in [-0.05, 0) is 29.7 Å². The number of hydrogen-bond acceptors (Lipinski definition) is 7.